The second-order valence-corrected chi connectivity index (χ2v) is 7.88. The smallest absolute Gasteiger partial charge is 0.337 e. The molecule has 0 saturated heterocycles. The Bertz CT molecular complexity index is 1210. The summed E-state index contributed by atoms with van der Waals surface area (Å²) < 4.78 is 12.4. The van der Waals surface area contributed by atoms with E-state index in [1.807, 2.05) is 12.1 Å². The van der Waals surface area contributed by atoms with E-state index in [-0.39, 0.29) is 11.1 Å². The fraction of sp³-hybridized carbons (Fsp3) is 0.308. The van der Waals surface area contributed by atoms with Gasteiger partial charge in [-0.15, -0.1) is 0 Å². The van der Waals surface area contributed by atoms with Crippen molar-refractivity contribution in [3.63, 3.8) is 0 Å². The van der Waals surface area contributed by atoms with Crippen molar-refractivity contribution in [3.05, 3.63) is 47.5 Å². The van der Waals surface area contributed by atoms with Crippen LogP contribution in [0, 0.1) is 0 Å². The number of unbranched alkanes of at least 4 members (excludes halogenated alkanes) is 2. The zero-order valence-electron chi connectivity index (χ0n) is 18.2. The molecule has 4 aromatic carbocycles. The van der Waals surface area contributed by atoms with Gasteiger partial charge in [-0.2, -0.15) is 0 Å². The van der Waals surface area contributed by atoms with Gasteiger partial charge in [0.25, 0.3) is 0 Å². The molecule has 0 radical (unpaired) electrons. The van der Waals surface area contributed by atoms with Crippen LogP contribution in [0.5, 0.6) is 11.5 Å². The lowest BCUT2D eigenvalue weighted by atomic mass is 9.86. The molecule has 0 amide bonds. The molecule has 0 aromatic heterocycles. The lowest BCUT2D eigenvalue weighted by Crippen LogP contribution is -2.11. The number of carboxylic acids is 2. The number of ether oxygens (including phenoxy) is 2. The van der Waals surface area contributed by atoms with Crippen LogP contribution in [-0.2, 0) is 0 Å². The van der Waals surface area contributed by atoms with Crippen LogP contribution in [0.15, 0.2) is 36.4 Å². The van der Waals surface area contributed by atoms with Crippen LogP contribution in [0.4, 0.5) is 0 Å². The minimum Gasteiger partial charge on any atom is -0.489 e. The summed E-state index contributed by atoms with van der Waals surface area (Å²) in [5.41, 5.74) is -0.412. The third-order valence-corrected chi connectivity index (χ3v) is 5.78. The second-order valence-electron chi connectivity index (χ2n) is 7.88. The molecule has 0 atom stereocenters. The topological polar surface area (TPSA) is 93.1 Å². The van der Waals surface area contributed by atoms with Gasteiger partial charge in [-0.3, -0.25) is 0 Å². The summed E-state index contributed by atoms with van der Waals surface area (Å²) in [6, 6.07) is 10.6. The van der Waals surface area contributed by atoms with E-state index in [4.69, 9.17) is 9.47 Å². The molecule has 166 valence electrons. The van der Waals surface area contributed by atoms with Gasteiger partial charge in [-0.25, -0.2) is 9.59 Å². The van der Waals surface area contributed by atoms with Crippen molar-refractivity contribution in [2.75, 3.05) is 13.2 Å². The molecule has 6 heteroatoms. The Morgan fingerprint density at radius 1 is 0.688 bits per heavy atom. The minimum absolute atomic E-state index is 0.206. The van der Waals surface area contributed by atoms with Gasteiger partial charge >= 0.3 is 11.9 Å². The average Bonchev–Trinajstić information content (AvgIpc) is 2.78. The molecule has 0 bridgehead atoms. The third kappa shape index (κ3) is 3.45. The molecule has 0 unspecified atom stereocenters. The summed E-state index contributed by atoms with van der Waals surface area (Å²) in [4.78, 5) is 24.4. The van der Waals surface area contributed by atoms with Gasteiger partial charge in [0.05, 0.1) is 24.3 Å². The maximum absolute atomic E-state index is 12.2. The van der Waals surface area contributed by atoms with Gasteiger partial charge in [0, 0.05) is 21.5 Å². The van der Waals surface area contributed by atoms with E-state index in [1.165, 1.54) is 0 Å². The Labute approximate surface area is 185 Å². The Balaban J connectivity index is 2.18. The normalized spacial score (nSPS) is 11.4. The fourth-order valence-corrected chi connectivity index (χ4v) is 4.32. The van der Waals surface area contributed by atoms with Crippen molar-refractivity contribution >= 4 is 44.3 Å². The maximum atomic E-state index is 12.2. The van der Waals surface area contributed by atoms with Crippen LogP contribution in [0.2, 0.25) is 0 Å². The van der Waals surface area contributed by atoms with E-state index in [2.05, 4.69) is 13.8 Å². The van der Waals surface area contributed by atoms with Gasteiger partial charge in [-0.1, -0.05) is 63.1 Å². The maximum Gasteiger partial charge on any atom is 0.337 e. The molecule has 0 spiro atoms. The predicted octanol–water partition coefficient (Wildman–Crippen LogP) is 6.34. The summed E-state index contributed by atoms with van der Waals surface area (Å²) >= 11 is 0. The average molecular weight is 434 g/mol. The Hall–Kier alpha value is -3.54. The molecule has 0 aliphatic carbocycles. The van der Waals surface area contributed by atoms with Crippen LogP contribution in [0.3, 0.4) is 0 Å². The first-order valence-electron chi connectivity index (χ1n) is 11.0. The molecule has 0 aliphatic rings. The van der Waals surface area contributed by atoms with E-state index in [0.29, 0.717) is 46.3 Å². The summed E-state index contributed by atoms with van der Waals surface area (Å²) in [7, 11) is 0. The Morgan fingerprint density at radius 3 is 1.41 bits per heavy atom. The number of carbonyl (C=O) groups is 2. The van der Waals surface area contributed by atoms with Gasteiger partial charge in [-0.05, 0) is 23.6 Å². The first kappa shape index (κ1) is 21.7. The number of hydrogen-bond donors (Lipinski definition) is 2. The molecular weight excluding hydrogens is 408 g/mol. The summed E-state index contributed by atoms with van der Waals surface area (Å²) in [6.45, 7) is 5.18. The standard InChI is InChI=1S/C26H26O6/c1-3-5-13-31-23-17-11-7-9-15-19(17)20-16(22(26(29)30)21(15)25(27)28)10-8-12-18(20)24(23)32-14-6-4-2/h7-12H,3-6,13-14H2,1-2H3,(H,27,28)(H,29,30). The molecule has 6 nitrogen and oxygen atoms in total. The van der Waals surface area contributed by atoms with Gasteiger partial charge in [0.1, 0.15) is 0 Å². The number of rotatable bonds is 10. The van der Waals surface area contributed by atoms with Crippen molar-refractivity contribution in [1.82, 2.24) is 0 Å². The third-order valence-electron chi connectivity index (χ3n) is 5.78. The SMILES string of the molecule is CCCCOc1c(OCCCC)c2cccc3c(C(=O)O)c(C(=O)O)c4cccc1c4c23. The quantitative estimate of drug-likeness (QED) is 0.223. The van der Waals surface area contributed by atoms with E-state index < -0.39 is 11.9 Å². The van der Waals surface area contributed by atoms with Crippen LogP contribution in [0.25, 0.3) is 32.3 Å². The zero-order valence-corrected chi connectivity index (χ0v) is 18.2. The number of aromatic carboxylic acids is 2. The lowest BCUT2D eigenvalue weighted by molar-refractivity contribution is 0.0655. The molecule has 0 aliphatic heterocycles. The monoisotopic (exact) mass is 434 g/mol. The van der Waals surface area contributed by atoms with Crippen LogP contribution >= 0.6 is 0 Å². The van der Waals surface area contributed by atoms with Crippen LogP contribution in [-0.4, -0.2) is 35.4 Å². The molecule has 0 fully saturated rings. The number of carboxylic acid groups (broad SMARTS) is 2. The van der Waals surface area contributed by atoms with E-state index in [1.54, 1.807) is 24.3 Å². The first-order valence-corrected chi connectivity index (χ1v) is 11.0. The van der Waals surface area contributed by atoms with Crippen LogP contribution < -0.4 is 9.47 Å². The number of hydrogen-bond acceptors (Lipinski definition) is 4. The van der Waals surface area contributed by atoms with Crippen molar-refractivity contribution in [2.45, 2.75) is 39.5 Å². The van der Waals surface area contributed by atoms with Crippen molar-refractivity contribution in [3.8, 4) is 11.5 Å². The van der Waals surface area contributed by atoms with Crippen molar-refractivity contribution < 1.29 is 29.3 Å². The highest BCUT2D eigenvalue weighted by Crippen LogP contribution is 2.49. The Morgan fingerprint density at radius 2 is 1.06 bits per heavy atom. The fourth-order valence-electron chi connectivity index (χ4n) is 4.32. The summed E-state index contributed by atoms with van der Waals surface area (Å²) in [5, 5.41) is 23.5. The lowest BCUT2D eigenvalue weighted by Gasteiger charge is -2.22. The predicted molar refractivity (Wildman–Crippen MR) is 125 cm³/mol. The molecule has 0 saturated carbocycles. The first-order chi connectivity index (χ1) is 15.5. The highest BCUT2D eigenvalue weighted by atomic mass is 16.5. The van der Waals surface area contributed by atoms with E-state index >= 15 is 0 Å². The number of benzene rings is 4. The van der Waals surface area contributed by atoms with E-state index in [0.717, 1.165) is 36.5 Å². The molecule has 4 aromatic rings. The highest BCUT2D eigenvalue weighted by molar-refractivity contribution is 6.33. The molecule has 0 heterocycles. The second kappa shape index (κ2) is 8.91. The van der Waals surface area contributed by atoms with Gasteiger partial charge in [0.2, 0.25) is 0 Å². The zero-order chi connectivity index (χ0) is 22.8. The van der Waals surface area contributed by atoms with Gasteiger partial charge < -0.3 is 19.7 Å². The van der Waals surface area contributed by atoms with Crippen molar-refractivity contribution in [2.24, 2.45) is 0 Å². The molecule has 4 rings (SSSR count). The van der Waals surface area contributed by atoms with Crippen molar-refractivity contribution in [1.29, 1.82) is 0 Å². The summed E-state index contributed by atoms with van der Waals surface area (Å²) in [5.74, 6) is -1.37. The molecule has 32 heavy (non-hydrogen) atoms. The highest BCUT2D eigenvalue weighted by Gasteiger charge is 2.28. The minimum atomic E-state index is -1.27. The molecule has 2 N–H and O–H groups in total. The largest absolute Gasteiger partial charge is 0.489 e. The van der Waals surface area contributed by atoms with Crippen LogP contribution in [0.1, 0.15) is 60.2 Å². The molecular formula is C26H26O6. The summed E-state index contributed by atoms with van der Waals surface area (Å²) in [6.07, 6.45) is 3.69. The van der Waals surface area contributed by atoms with Gasteiger partial charge in [0.15, 0.2) is 11.5 Å². The Kier molecular flexibility index (Phi) is 6.04. The van der Waals surface area contributed by atoms with E-state index in [9.17, 15) is 19.8 Å².